The Kier molecular flexibility index (Phi) is 4.37. The normalized spacial score (nSPS) is 16.4. The molecule has 1 aromatic carbocycles. The van der Waals surface area contributed by atoms with E-state index in [9.17, 15) is 4.79 Å². The Morgan fingerprint density at radius 2 is 2.16 bits per heavy atom. The molecule has 5 nitrogen and oxygen atoms in total. The number of benzene rings is 1. The molecule has 1 amide bonds. The molecular formula is C20H21N3O2. The van der Waals surface area contributed by atoms with Crippen molar-refractivity contribution in [3.63, 3.8) is 0 Å². The molecule has 0 fully saturated rings. The van der Waals surface area contributed by atoms with Crippen molar-refractivity contribution in [2.45, 2.75) is 38.1 Å². The van der Waals surface area contributed by atoms with Gasteiger partial charge in [-0.15, -0.1) is 0 Å². The molecule has 0 bridgehead atoms. The van der Waals surface area contributed by atoms with E-state index in [0.29, 0.717) is 12.8 Å². The first-order valence-corrected chi connectivity index (χ1v) is 8.74. The molecule has 0 saturated heterocycles. The van der Waals surface area contributed by atoms with E-state index in [1.54, 1.807) is 6.26 Å². The number of aryl methyl sites for hydroxylation is 2. The highest BCUT2D eigenvalue weighted by molar-refractivity contribution is 5.76. The lowest BCUT2D eigenvalue weighted by Crippen LogP contribution is -2.30. The minimum Gasteiger partial charge on any atom is -0.469 e. The van der Waals surface area contributed by atoms with Gasteiger partial charge in [-0.25, -0.2) is 4.68 Å². The monoisotopic (exact) mass is 335 g/mol. The fraction of sp³-hybridized carbons (Fsp3) is 0.300. The third-order valence-corrected chi connectivity index (χ3v) is 4.68. The van der Waals surface area contributed by atoms with Gasteiger partial charge in [-0.1, -0.05) is 18.2 Å². The van der Waals surface area contributed by atoms with Crippen molar-refractivity contribution in [2.24, 2.45) is 0 Å². The van der Waals surface area contributed by atoms with Crippen LogP contribution in [0.25, 0.3) is 5.69 Å². The summed E-state index contributed by atoms with van der Waals surface area (Å²) in [5, 5.41) is 7.52. The summed E-state index contributed by atoms with van der Waals surface area (Å²) in [5.74, 6) is 1.09. The van der Waals surface area contributed by atoms with E-state index in [4.69, 9.17) is 4.42 Å². The van der Waals surface area contributed by atoms with Crippen LogP contribution < -0.4 is 5.32 Å². The number of carbonyl (C=O) groups excluding carboxylic acids is 1. The largest absolute Gasteiger partial charge is 0.469 e. The summed E-state index contributed by atoms with van der Waals surface area (Å²) in [6, 6.07) is 12.0. The number of rotatable bonds is 5. The molecule has 3 aromatic rings. The van der Waals surface area contributed by atoms with Crippen LogP contribution in [0.1, 0.15) is 42.2 Å². The standard InChI is InChI=1S/C20H21N3O2/c24-20(22-18-7-4-8-19-17(18)11-12-25-19)10-9-15-13-21-23(14-15)16-5-2-1-3-6-16/h1-3,5-6,11-14,18H,4,7-10H2,(H,22,24). The number of hydrogen-bond donors (Lipinski definition) is 1. The van der Waals surface area contributed by atoms with Gasteiger partial charge in [-0.2, -0.15) is 5.10 Å². The zero-order valence-electron chi connectivity index (χ0n) is 14.0. The number of para-hydroxylation sites is 1. The Morgan fingerprint density at radius 3 is 3.04 bits per heavy atom. The van der Waals surface area contributed by atoms with Crippen molar-refractivity contribution in [3.05, 3.63) is 71.9 Å². The van der Waals surface area contributed by atoms with E-state index >= 15 is 0 Å². The zero-order chi connectivity index (χ0) is 17.1. The van der Waals surface area contributed by atoms with Gasteiger partial charge in [0.2, 0.25) is 5.91 Å². The van der Waals surface area contributed by atoms with Crippen molar-refractivity contribution in [2.75, 3.05) is 0 Å². The summed E-state index contributed by atoms with van der Waals surface area (Å²) in [7, 11) is 0. The van der Waals surface area contributed by atoms with Crippen LogP contribution in [0, 0.1) is 0 Å². The number of nitrogens with one attached hydrogen (secondary N) is 1. The second-order valence-corrected chi connectivity index (χ2v) is 6.44. The van der Waals surface area contributed by atoms with Gasteiger partial charge in [-0.05, 0) is 43.0 Å². The zero-order valence-corrected chi connectivity index (χ0v) is 14.0. The number of furan rings is 1. The quantitative estimate of drug-likeness (QED) is 0.775. The van der Waals surface area contributed by atoms with Crippen molar-refractivity contribution in [3.8, 4) is 5.69 Å². The van der Waals surface area contributed by atoms with Gasteiger partial charge in [0, 0.05) is 24.6 Å². The molecule has 1 atom stereocenters. The van der Waals surface area contributed by atoms with Gasteiger partial charge in [0.05, 0.1) is 24.2 Å². The molecule has 2 heterocycles. The molecule has 0 spiro atoms. The highest BCUT2D eigenvalue weighted by Crippen LogP contribution is 2.30. The van der Waals surface area contributed by atoms with Crippen molar-refractivity contribution < 1.29 is 9.21 Å². The molecule has 1 unspecified atom stereocenters. The van der Waals surface area contributed by atoms with Gasteiger partial charge >= 0.3 is 0 Å². The highest BCUT2D eigenvalue weighted by Gasteiger charge is 2.23. The molecule has 2 aromatic heterocycles. The number of aromatic nitrogens is 2. The average molecular weight is 335 g/mol. The van der Waals surface area contributed by atoms with Crippen LogP contribution in [0.4, 0.5) is 0 Å². The third-order valence-electron chi connectivity index (χ3n) is 4.68. The predicted octanol–water partition coefficient (Wildman–Crippen LogP) is 3.59. The maximum Gasteiger partial charge on any atom is 0.220 e. The van der Waals surface area contributed by atoms with Crippen LogP contribution in [0.3, 0.4) is 0 Å². The molecule has 0 radical (unpaired) electrons. The minimum absolute atomic E-state index is 0.0755. The molecule has 1 aliphatic carbocycles. The third kappa shape index (κ3) is 3.50. The molecular weight excluding hydrogens is 314 g/mol. The summed E-state index contributed by atoms with van der Waals surface area (Å²) >= 11 is 0. The molecule has 0 saturated carbocycles. The van der Waals surface area contributed by atoms with E-state index in [1.807, 2.05) is 53.5 Å². The second-order valence-electron chi connectivity index (χ2n) is 6.44. The summed E-state index contributed by atoms with van der Waals surface area (Å²) < 4.78 is 7.32. The Bertz CT molecular complexity index is 851. The van der Waals surface area contributed by atoms with Gasteiger partial charge in [-0.3, -0.25) is 4.79 Å². The molecule has 25 heavy (non-hydrogen) atoms. The van der Waals surface area contributed by atoms with E-state index in [2.05, 4.69) is 10.4 Å². The second kappa shape index (κ2) is 6.97. The Balaban J connectivity index is 1.33. The lowest BCUT2D eigenvalue weighted by atomic mass is 9.93. The van der Waals surface area contributed by atoms with Gasteiger partial charge in [0.1, 0.15) is 5.76 Å². The van der Waals surface area contributed by atoms with Crippen LogP contribution in [-0.4, -0.2) is 15.7 Å². The van der Waals surface area contributed by atoms with Crippen LogP contribution in [0.5, 0.6) is 0 Å². The SMILES string of the molecule is O=C(CCc1cnn(-c2ccccc2)c1)NC1CCCc2occc21. The maximum absolute atomic E-state index is 12.3. The average Bonchev–Trinajstić information content (AvgIpc) is 3.31. The summed E-state index contributed by atoms with van der Waals surface area (Å²) in [5.41, 5.74) is 3.22. The van der Waals surface area contributed by atoms with Crippen LogP contribution in [0.15, 0.2) is 59.5 Å². The van der Waals surface area contributed by atoms with Gasteiger partial charge in [0.15, 0.2) is 0 Å². The smallest absolute Gasteiger partial charge is 0.220 e. The predicted molar refractivity (Wildman–Crippen MR) is 94.4 cm³/mol. The topological polar surface area (TPSA) is 60.1 Å². The fourth-order valence-corrected chi connectivity index (χ4v) is 3.37. The Labute approximate surface area is 146 Å². The van der Waals surface area contributed by atoms with Crippen LogP contribution in [-0.2, 0) is 17.6 Å². The summed E-state index contributed by atoms with van der Waals surface area (Å²) in [6.07, 6.45) is 9.67. The number of fused-ring (bicyclic) bond motifs is 1. The van der Waals surface area contributed by atoms with Gasteiger partial charge < -0.3 is 9.73 Å². The number of amides is 1. The molecule has 1 aliphatic rings. The van der Waals surface area contributed by atoms with Gasteiger partial charge in [0.25, 0.3) is 0 Å². The summed E-state index contributed by atoms with van der Waals surface area (Å²) in [4.78, 5) is 12.3. The number of hydrogen-bond acceptors (Lipinski definition) is 3. The molecule has 1 N–H and O–H groups in total. The van der Waals surface area contributed by atoms with Crippen molar-refractivity contribution in [1.82, 2.24) is 15.1 Å². The summed E-state index contributed by atoms with van der Waals surface area (Å²) in [6.45, 7) is 0. The lowest BCUT2D eigenvalue weighted by Gasteiger charge is -2.22. The Morgan fingerprint density at radius 1 is 1.28 bits per heavy atom. The fourth-order valence-electron chi connectivity index (χ4n) is 3.37. The lowest BCUT2D eigenvalue weighted by molar-refractivity contribution is -0.121. The molecule has 4 rings (SSSR count). The van der Waals surface area contributed by atoms with E-state index < -0.39 is 0 Å². The number of nitrogens with zero attached hydrogens (tertiary/aromatic N) is 2. The first-order chi connectivity index (χ1) is 12.3. The maximum atomic E-state index is 12.3. The highest BCUT2D eigenvalue weighted by atomic mass is 16.3. The Hall–Kier alpha value is -2.82. The molecule has 5 heteroatoms. The molecule has 0 aliphatic heterocycles. The molecule has 128 valence electrons. The van der Waals surface area contributed by atoms with E-state index in [-0.39, 0.29) is 11.9 Å². The first kappa shape index (κ1) is 15.7. The van der Waals surface area contributed by atoms with Crippen LogP contribution in [0.2, 0.25) is 0 Å². The number of carbonyl (C=O) groups is 1. The van der Waals surface area contributed by atoms with E-state index in [0.717, 1.165) is 41.8 Å². The minimum atomic E-state index is 0.0755. The van der Waals surface area contributed by atoms with Crippen LogP contribution >= 0.6 is 0 Å². The van der Waals surface area contributed by atoms with Crippen molar-refractivity contribution >= 4 is 5.91 Å². The first-order valence-electron chi connectivity index (χ1n) is 8.74. The van der Waals surface area contributed by atoms with Crippen molar-refractivity contribution in [1.29, 1.82) is 0 Å². The van der Waals surface area contributed by atoms with E-state index in [1.165, 1.54) is 0 Å².